The molecular formula is C40H52N6O7. The lowest BCUT2D eigenvalue weighted by Crippen LogP contribution is -2.61. The molecule has 0 aliphatic carbocycles. The molecule has 2 aromatic carbocycles. The van der Waals surface area contributed by atoms with E-state index >= 15 is 0 Å². The number of nitrogens with zero attached hydrogens (tertiary/aromatic N) is 4. The highest BCUT2D eigenvalue weighted by Gasteiger charge is 2.53. The molecule has 13 nitrogen and oxygen atoms in total. The van der Waals surface area contributed by atoms with Gasteiger partial charge in [0.15, 0.2) is 5.72 Å². The van der Waals surface area contributed by atoms with E-state index in [1.165, 1.54) is 14.7 Å². The summed E-state index contributed by atoms with van der Waals surface area (Å²) in [5.74, 6) is -3.15. The van der Waals surface area contributed by atoms with Crippen molar-refractivity contribution in [3.63, 3.8) is 0 Å². The highest BCUT2D eigenvalue weighted by Crippen LogP contribution is 2.39. The van der Waals surface area contributed by atoms with E-state index in [9.17, 15) is 33.9 Å². The zero-order valence-corrected chi connectivity index (χ0v) is 31.1. The van der Waals surface area contributed by atoms with Crippen LogP contribution in [-0.2, 0) is 36.2 Å². The Hall–Kier alpha value is -4.78. The monoisotopic (exact) mass is 728 g/mol. The minimum absolute atomic E-state index is 0.0136. The molecule has 53 heavy (non-hydrogen) atoms. The molecule has 0 aromatic heterocycles. The number of nitrogens with one attached hydrogen (secondary N) is 2. The first kappa shape index (κ1) is 38.0. The molecule has 6 amide bonds. The molecule has 4 aliphatic heterocycles. The molecule has 0 spiro atoms. The van der Waals surface area contributed by atoms with E-state index in [0.29, 0.717) is 45.1 Å². The number of hydrogen-bond donors (Lipinski definition) is 3. The molecule has 0 saturated carbocycles. The van der Waals surface area contributed by atoms with Crippen molar-refractivity contribution in [1.29, 1.82) is 0 Å². The number of benzene rings is 2. The number of carbonyl (C=O) groups is 6. The predicted molar refractivity (Wildman–Crippen MR) is 195 cm³/mol. The van der Waals surface area contributed by atoms with Gasteiger partial charge in [-0.1, -0.05) is 82.6 Å². The van der Waals surface area contributed by atoms with Crippen molar-refractivity contribution < 1.29 is 33.9 Å². The Labute approximate surface area is 311 Å². The maximum Gasteiger partial charge on any atom is 0.257 e. The van der Waals surface area contributed by atoms with E-state index in [0.717, 1.165) is 10.5 Å². The SMILES string of the molecule is CC[C@H](C)[C@@H]1NC(=O)[C@H](CC(C)C)NC(=O)[C@@H]2CCCN2C(=O)CN2C(=O)c3ccccc3[C@]2(O)CN(Cc2ccccc2)C(=O)[C@@H]2CCCN2C1=O. The van der Waals surface area contributed by atoms with E-state index in [4.69, 9.17) is 0 Å². The normalized spacial score (nSPS) is 27.9. The topological polar surface area (TPSA) is 160 Å². The maximum atomic E-state index is 14.8. The van der Waals surface area contributed by atoms with Gasteiger partial charge in [0.25, 0.3) is 5.91 Å². The molecule has 284 valence electrons. The van der Waals surface area contributed by atoms with Gasteiger partial charge in [0.2, 0.25) is 29.5 Å². The molecule has 3 N–H and O–H groups in total. The highest BCUT2D eigenvalue weighted by molar-refractivity contribution is 6.02. The third-order valence-electron chi connectivity index (χ3n) is 11.3. The van der Waals surface area contributed by atoms with Crippen LogP contribution in [0.1, 0.15) is 87.7 Å². The lowest BCUT2D eigenvalue weighted by atomic mass is 9.95. The van der Waals surface area contributed by atoms with Crippen LogP contribution >= 0.6 is 0 Å². The minimum Gasteiger partial charge on any atom is -0.365 e. The molecule has 0 bridgehead atoms. The van der Waals surface area contributed by atoms with Crippen LogP contribution in [-0.4, -0.2) is 110 Å². The Kier molecular flexibility index (Phi) is 11.2. The number of carbonyl (C=O) groups excluding carboxylic acids is 6. The number of fused-ring (bicyclic) bond motifs is 5. The first-order chi connectivity index (χ1) is 25.3. The summed E-state index contributed by atoms with van der Waals surface area (Å²) in [7, 11) is 0. The van der Waals surface area contributed by atoms with Gasteiger partial charge in [-0.3, -0.25) is 33.7 Å². The van der Waals surface area contributed by atoms with Crippen LogP contribution in [0.15, 0.2) is 54.6 Å². The fourth-order valence-electron chi connectivity index (χ4n) is 8.28. The second-order valence-corrected chi connectivity index (χ2v) is 15.4. The van der Waals surface area contributed by atoms with Crippen molar-refractivity contribution in [2.45, 2.75) is 103 Å². The van der Waals surface area contributed by atoms with Crippen molar-refractivity contribution in [1.82, 2.24) is 30.2 Å². The number of amides is 6. The van der Waals surface area contributed by atoms with Gasteiger partial charge in [0.1, 0.15) is 30.7 Å². The number of aliphatic hydroxyl groups is 1. The molecule has 6 atom stereocenters. The Bertz CT molecular complexity index is 1730. The highest BCUT2D eigenvalue weighted by atomic mass is 16.3. The van der Waals surface area contributed by atoms with Crippen LogP contribution in [0.3, 0.4) is 0 Å². The molecule has 0 radical (unpaired) electrons. The summed E-state index contributed by atoms with van der Waals surface area (Å²) in [5.41, 5.74) is -0.842. The smallest absolute Gasteiger partial charge is 0.257 e. The Morgan fingerprint density at radius 1 is 0.811 bits per heavy atom. The maximum absolute atomic E-state index is 14.8. The molecule has 3 fully saturated rings. The lowest BCUT2D eigenvalue weighted by Gasteiger charge is -2.41. The van der Waals surface area contributed by atoms with Gasteiger partial charge in [-0.15, -0.1) is 0 Å². The fourth-order valence-corrected chi connectivity index (χ4v) is 8.28. The summed E-state index contributed by atoms with van der Waals surface area (Å²) in [6, 6.07) is 12.1. The second-order valence-electron chi connectivity index (χ2n) is 15.4. The third-order valence-corrected chi connectivity index (χ3v) is 11.3. The number of rotatable bonds is 6. The summed E-state index contributed by atoms with van der Waals surface area (Å²) in [6.45, 7) is 7.37. The van der Waals surface area contributed by atoms with Crippen molar-refractivity contribution in [3.05, 3.63) is 71.3 Å². The Morgan fingerprint density at radius 2 is 1.47 bits per heavy atom. The van der Waals surface area contributed by atoms with Crippen molar-refractivity contribution in [2.24, 2.45) is 11.8 Å². The van der Waals surface area contributed by atoms with Gasteiger partial charge in [-0.05, 0) is 55.6 Å². The third kappa shape index (κ3) is 7.53. The Morgan fingerprint density at radius 3 is 2.17 bits per heavy atom. The van der Waals surface area contributed by atoms with Crippen LogP contribution < -0.4 is 10.6 Å². The summed E-state index contributed by atoms with van der Waals surface area (Å²) in [6.07, 6.45) is 2.68. The molecule has 6 rings (SSSR count). The molecular weight excluding hydrogens is 676 g/mol. The molecule has 3 saturated heterocycles. The summed E-state index contributed by atoms with van der Waals surface area (Å²) < 4.78 is 0. The quantitative estimate of drug-likeness (QED) is 0.412. The summed E-state index contributed by atoms with van der Waals surface area (Å²) in [5, 5.41) is 18.6. The van der Waals surface area contributed by atoms with Gasteiger partial charge in [-0.2, -0.15) is 0 Å². The molecule has 2 aromatic rings. The van der Waals surface area contributed by atoms with Crippen LogP contribution in [0, 0.1) is 11.8 Å². The average Bonchev–Trinajstić information content (AvgIpc) is 3.89. The van der Waals surface area contributed by atoms with E-state index in [1.807, 2.05) is 58.0 Å². The van der Waals surface area contributed by atoms with Crippen LogP contribution in [0.2, 0.25) is 0 Å². The number of β-amino-alcohol motifs (C(OH)–C–C–N with tert-alkyl or cyclic N) is 1. The standard InChI is InChI=1S/C40H52N6O7/c1-5-26(4)34-39(52)45-20-12-18-32(45)38(51)43(22-27-13-7-6-8-14-27)24-40(53)29-16-10-9-15-28(29)37(50)46(40)23-33(47)44-19-11-17-31(44)36(49)41-30(21-25(2)3)35(48)42-34/h6-10,13-16,25-26,30-32,34,53H,5,11-12,17-24H2,1-4H3,(H,41,49)(H,42,48)/t26-,30-,31-,32-,34-,40+/m0/s1. The van der Waals surface area contributed by atoms with E-state index < -0.39 is 66.0 Å². The van der Waals surface area contributed by atoms with Crippen molar-refractivity contribution >= 4 is 35.4 Å². The molecule has 13 heteroatoms. The lowest BCUT2D eigenvalue weighted by molar-refractivity contribution is -0.157. The van der Waals surface area contributed by atoms with Gasteiger partial charge < -0.3 is 30.4 Å². The zero-order valence-electron chi connectivity index (χ0n) is 31.1. The number of hydrogen-bond acceptors (Lipinski definition) is 7. The van der Waals surface area contributed by atoms with E-state index in [2.05, 4.69) is 10.6 Å². The minimum atomic E-state index is -2.10. The first-order valence-corrected chi connectivity index (χ1v) is 19.0. The Balaban J connectivity index is 1.46. The van der Waals surface area contributed by atoms with Gasteiger partial charge in [-0.25, -0.2) is 0 Å². The van der Waals surface area contributed by atoms with Crippen LogP contribution in [0.4, 0.5) is 0 Å². The summed E-state index contributed by atoms with van der Waals surface area (Å²) in [4.78, 5) is 91.0. The van der Waals surface area contributed by atoms with Gasteiger partial charge in [0, 0.05) is 30.8 Å². The summed E-state index contributed by atoms with van der Waals surface area (Å²) >= 11 is 0. The molecule has 4 heterocycles. The molecule has 0 unspecified atom stereocenters. The van der Waals surface area contributed by atoms with Gasteiger partial charge in [0.05, 0.1) is 6.54 Å². The zero-order chi connectivity index (χ0) is 38.0. The molecule has 4 aliphatic rings. The first-order valence-electron chi connectivity index (χ1n) is 19.0. The second kappa shape index (κ2) is 15.7. The largest absolute Gasteiger partial charge is 0.365 e. The van der Waals surface area contributed by atoms with Crippen molar-refractivity contribution in [3.8, 4) is 0 Å². The van der Waals surface area contributed by atoms with Crippen LogP contribution in [0.25, 0.3) is 0 Å². The van der Waals surface area contributed by atoms with Gasteiger partial charge >= 0.3 is 0 Å². The fraction of sp³-hybridized carbons (Fsp3) is 0.550. The van der Waals surface area contributed by atoms with E-state index in [1.54, 1.807) is 24.3 Å². The average molecular weight is 729 g/mol. The predicted octanol–water partition coefficient (Wildman–Crippen LogP) is 2.37. The van der Waals surface area contributed by atoms with Crippen LogP contribution in [0.5, 0.6) is 0 Å². The van der Waals surface area contributed by atoms with E-state index in [-0.39, 0.29) is 48.5 Å². The van der Waals surface area contributed by atoms with Crippen molar-refractivity contribution in [2.75, 3.05) is 26.2 Å².